The monoisotopic (exact) mass is 261 g/mol. The minimum absolute atomic E-state index is 0.195. The standard InChI is InChI=1S/C14H16FN3O/c1-10-9-13(18(2)17-10)14(19)16-8-7-11-5-3-4-6-12(11)15/h3-6,9H,7-8H2,1-2H3,(H,16,19). The van der Waals surface area contributed by atoms with Crippen molar-refractivity contribution in [3.05, 3.63) is 53.1 Å². The Morgan fingerprint density at radius 2 is 2.16 bits per heavy atom. The van der Waals surface area contributed by atoms with Gasteiger partial charge in [-0.1, -0.05) is 18.2 Å². The molecule has 0 aliphatic carbocycles. The molecule has 2 rings (SSSR count). The zero-order valence-electron chi connectivity index (χ0n) is 11.0. The van der Waals surface area contributed by atoms with Gasteiger partial charge in [0, 0.05) is 13.6 Å². The van der Waals surface area contributed by atoms with E-state index in [2.05, 4.69) is 10.4 Å². The molecule has 1 aromatic carbocycles. The molecule has 1 aromatic heterocycles. The Labute approximate surface area is 111 Å². The number of rotatable bonds is 4. The summed E-state index contributed by atoms with van der Waals surface area (Å²) in [7, 11) is 1.72. The van der Waals surface area contributed by atoms with Crippen molar-refractivity contribution in [3.63, 3.8) is 0 Å². The van der Waals surface area contributed by atoms with Crippen LogP contribution in [0.2, 0.25) is 0 Å². The normalized spacial score (nSPS) is 10.5. The topological polar surface area (TPSA) is 46.9 Å². The molecule has 5 heteroatoms. The average Bonchev–Trinajstić information content (AvgIpc) is 2.71. The van der Waals surface area contributed by atoms with Crippen LogP contribution in [0.4, 0.5) is 4.39 Å². The molecule has 4 nitrogen and oxygen atoms in total. The van der Waals surface area contributed by atoms with Gasteiger partial charge in [-0.05, 0) is 31.0 Å². The first-order valence-electron chi connectivity index (χ1n) is 6.10. The molecule has 0 saturated carbocycles. The number of carbonyl (C=O) groups is 1. The highest BCUT2D eigenvalue weighted by Gasteiger charge is 2.11. The maximum atomic E-state index is 13.4. The van der Waals surface area contributed by atoms with Gasteiger partial charge in [0.15, 0.2) is 0 Å². The van der Waals surface area contributed by atoms with Crippen LogP contribution in [-0.4, -0.2) is 22.2 Å². The second-order valence-corrected chi connectivity index (χ2v) is 4.39. The summed E-state index contributed by atoms with van der Waals surface area (Å²) in [5.74, 6) is -0.437. The zero-order valence-corrected chi connectivity index (χ0v) is 11.0. The lowest BCUT2D eigenvalue weighted by Crippen LogP contribution is -2.27. The van der Waals surface area contributed by atoms with Crippen molar-refractivity contribution in [1.82, 2.24) is 15.1 Å². The highest BCUT2D eigenvalue weighted by molar-refractivity contribution is 5.92. The van der Waals surface area contributed by atoms with E-state index >= 15 is 0 Å². The molecule has 1 amide bonds. The van der Waals surface area contributed by atoms with Gasteiger partial charge in [-0.25, -0.2) is 4.39 Å². The Hall–Kier alpha value is -2.17. The highest BCUT2D eigenvalue weighted by atomic mass is 19.1. The van der Waals surface area contributed by atoms with Gasteiger partial charge in [0.2, 0.25) is 0 Å². The number of hydrogen-bond donors (Lipinski definition) is 1. The second kappa shape index (κ2) is 5.65. The van der Waals surface area contributed by atoms with E-state index in [4.69, 9.17) is 0 Å². The summed E-state index contributed by atoms with van der Waals surface area (Å²) < 4.78 is 14.9. The van der Waals surface area contributed by atoms with E-state index in [0.29, 0.717) is 24.2 Å². The van der Waals surface area contributed by atoms with E-state index in [1.54, 1.807) is 31.3 Å². The summed E-state index contributed by atoms with van der Waals surface area (Å²) in [6, 6.07) is 8.29. The van der Waals surface area contributed by atoms with E-state index < -0.39 is 0 Å². The van der Waals surface area contributed by atoms with Crippen LogP contribution in [0, 0.1) is 12.7 Å². The number of amides is 1. The van der Waals surface area contributed by atoms with Crippen molar-refractivity contribution in [2.75, 3.05) is 6.54 Å². The summed E-state index contributed by atoms with van der Waals surface area (Å²) in [6.07, 6.45) is 0.468. The van der Waals surface area contributed by atoms with Gasteiger partial charge in [-0.3, -0.25) is 9.48 Å². The summed E-state index contributed by atoms with van der Waals surface area (Å²) in [6.45, 7) is 2.22. The first kappa shape index (κ1) is 13.3. The van der Waals surface area contributed by atoms with E-state index in [-0.39, 0.29) is 11.7 Å². The molecule has 100 valence electrons. The molecule has 0 atom stereocenters. The largest absolute Gasteiger partial charge is 0.350 e. The Morgan fingerprint density at radius 1 is 1.42 bits per heavy atom. The average molecular weight is 261 g/mol. The van der Waals surface area contributed by atoms with E-state index in [1.807, 2.05) is 6.92 Å². The van der Waals surface area contributed by atoms with Crippen molar-refractivity contribution in [2.24, 2.45) is 7.05 Å². The Bertz CT molecular complexity index is 592. The van der Waals surface area contributed by atoms with Gasteiger partial charge in [0.25, 0.3) is 5.91 Å². The summed E-state index contributed by atoms with van der Waals surface area (Å²) in [5, 5.41) is 6.87. The van der Waals surface area contributed by atoms with Crippen LogP contribution >= 0.6 is 0 Å². The zero-order chi connectivity index (χ0) is 13.8. The number of aromatic nitrogens is 2. The number of hydrogen-bond acceptors (Lipinski definition) is 2. The van der Waals surface area contributed by atoms with Crippen LogP contribution in [0.3, 0.4) is 0 Å². The third-order valence-corrected chi connectivity index (χ3v) is 2.87. The molecular weight excluding hydrogens is 245 g/mol. The second-order valence-electron chi connectivity index (χ2n) is 4.39. The SMILES string of the molecule is Cc1cc(C(=O)NCCc2ccccc2F)n(C)n1. The van der Waals surface area contributed by atoms with Gasteiger partial charge in [0.1, 0.15) is 11.5 Å². The van der Waals surface area contributed by atoms with Gasteiger partial charge in [-0.15, -0.1) is 0 Å². The first-order valence-corrected chi connectivity index (χ1v) is 6.10. The Balaban J connectivity index is 1.91. The molecule has 19 heavy (non-hydrogen) atoms. The smallest absolute Gasteiger partial charge is 0.269 e. The maximum Gasteiger partial charge on any atom is 0.269 e. The molecule has 0 fully saturated rings. The van der Waals surface area contributed by atoms with Crippen LogP contribution in [0.5, 0.6) is 0 Å². The van der Waals surface area contributed by atoms with E-state index in [0.717, 1.165) is 5.69 Å². The molecule has 2 aromatic rings. The fraction of sp³-hybridized carbons (Fsp3) is 0.286. The van der Waals surface area contributed by atoms with Crippen LogP contribution in [0.25, 0.3) is 0 Å². The lowest BCUT2D eigenvalue weighted by atomic mass is 10.1. The van der Waals surface area contributed by atoms with Crippen molar-refractivity contribution >= 4 is 5.91 Å². The van der Waals surface area contributed by atoms with Crippen LogP contribution < -0.4 is 5.32 Å². The third kappa shape index (κ3) is 3.19. The van der Waals surface area contributed by atoms with Crippen molar-refractivity contribution in [1.29, 1.82) is 0 Å². The molecule has 1 heterocycles. The molecule has 0 aliphatic rings. The number of nitrogens with zero attached hydrogens (tertiary/aromatic N) is 2. The number of nitrogens with one attached hydrogen (secondary N) is 1. The molecule has 0 spiro atoms. The quantitative estimate of drug-likeness (QED) is 0.913. The number of benzene rings is 1. The maximum absolute atomic E-state index is 13.4. The lowest BCUT2D eigenvalue weighted by Gasteiger charge is -2.06. The lowest BCUT2D eigenvalue weighted by molar-refractivity contribution is 0.0944. The molecule has 0 saturated heterocycles. The predicted molar refractivity (Wildman–Crippen MR) is 70.4 cm³/mol. The first-order chi connectivity index (χ1) is 9.08. The molecule has 0 aliphatic heterocycles. The van der Waals surface area contributed by atoms with Crippen molar-refractivity contribution in [3.8, 4) is 0 Å². The molecule has 0 unspecified atom stereocenters. The van der Waals surface area contributed by atoms with Crippen LogP contribution in [0.1, 0.15) is 21.7 Å². The number of carbonyl (C=O) groups excluding carboxylic acids is 1. The predicted octanol–water partition coefficient (Wildman–Crippen LogP) is 1.84. The molecule has 0 bridgehead atoms. The fourth-order valence-electron chi connectivity index (χ4n) is 1.93. The molecule has 0 radical (unpaired) electrons. The summed E-state index contributed by atoms with van der Waals surface area (Å²) in [4.78, 5) is 11.9. The third-order valence-electron chi connectivity index (χ3n) is 2.87. The van der Waals surface area contributed by atoms with E-state index in [9.17, 15) is 9.18 Å². The van der Waals surface area contributed by atoms with E-state index in [1.165, 1.54) is 10.7 Å². The van der Waals surface area contributed by atoms with Crippen molar-refractivity contribution < 1.29 is 9.18 Å². The van der Waals surface area contributed by atoms with Crippen LogP contribution in [0.15, 0.2) is 30.3 Å². The van der Waals surface area contributed by atoms with Crippen molar-refractivity contribution in [2.45, 2.75) is 13.3 Å². The minimum atomic E-state index is -0.242. The Morgan fingerprint density at radius 3 is 2.79 bits per heavy atom. The Kier molecular flexibility index (Phi) is 3.94. The molecule has 1 N–H and O–H groups in total. The van der Waals surface area contributed by atoms with Gasteiger partial charge in [0.05, 0.1) is 5.69 Å². The highest BCUT2D eigenvalue weighted by Crippen LogP contribution is 2.06. The van der Waals surface area contributed by atoms with Gasteiger partial charge in [-0.2, -0.15) is 5.10 Å². The van der Waals surface area contributed by atoms with Crippen LogP contribution in [-0.2, 0) is 13.5 Å². The fourth-order valence-corrected chi connectivity index (χ4v) is 1.93. The summed E-state index contributed by atoms with van der Waals surface area (Å²) >= 11 is 0. The summed E-state index contributed by atoms with van der Waals surface area (Å²) in [5.41, 5.74) is 1.90. The number of halogens is 1. The van der Waals surface area contributed by atoms with Gasteiger partial charge < -0.3 is 5.32 Å². The minimum Gasteiger partial charge on any atom is -0.350 e. The number of aryl methyl sites for hydroxylation is 2. The molecular formula is C14H16FN3O. The van der Waals surface area contributed by atoms with Gasteiger partial charge >= 0.3 is 0 Å².